The Morgan fingerprint density at radius 1 is 1.03 bits per heavy atom. The first kappa shape index (κ1) is 21.0. The Morgan fingerprint density at radius 2 is 1.76 bits per heavy atom. The molecule has 1 saturated carbocycles. The van der Waals surface area contributed by atoms with Crippen LogP contribution >= 0.6 is 0 Å². The topological polar surface area (TPSA) is 61.4 Å². The van der Waals surface area contributed by atoms with Gasteiger partial charge in [0.05, 0.1) is 12.2 Å². The Balaban J connectivity index is 1.55. The molecule has 2 aromatic rings. The lowest BCUT2D eigenvalue weighted by Gasteiger charge is -2.21. The van der Waals surface area contributed by atoms with Crippen LogP contribution in [0, 0.1) is 11.7 Å². The molecule has 0 spiro atoms. The Kier molecular flexibility index (Phi) is 7.36. The molecule has 0 unspecified atom stereocenters. The molecule has 0 atom stereocenters. The van der Waals surface area contributed by atoms with Crippen molar-refractivity contribution in [2.75, 3.05) is 24.2 Å². The minimum Gasteiger partial charge on any atom is -0.325 e. The summed E-state index contributed by atoms with van der Waals surface area (Å²) in [6.45, 7) is 0.858. The molecular weight excluding hydrogens is 369 g/mol. The molecule has 29 heavy (non-hydrogen) atoms. The van der Waals surface area contributed by atoms with Gasteiger partial charge in [0.1, 0.15) is 5.82 Å². The van der Waals surface area contributed by atoms with E-state index in [-0.39, 0.29) is 30.0 Å². The summed E-state index contributed by atoms with van der Waals surface area (Å²) in [5.41, 5.74) is 1.69. The number of carbonyl (C=O) groups excluding carboxylic acids is 2. The molecule has 3 rings (SSSR count). The van der Waals surface area contributed by atoms with Crippen molar-refractivity contribution in [2.24, 2.45) is 5.92 Å². The Bertz CT molecular complexity index is 835. The summed E-state index contributed by atoms with van der Waals surface area (Å²) in [7, 11) is 1.87. The van der Waals surface area contributed by atoms with Gasteiger partial charge < -0.3 is 10.6 Å². The van der Waals surface area contributed by atoms with Crippen LogP contribution in [0.15, 0.2) is 48.5 Å². The largest absolute Gasteiger partial charge is 0.325 e. The predicted octanol–water partition coefficient (Wildman–Crippen LogP) is 4.42. The van der Waals surface area contributed by atoms with E-state index in [0.29, 0.717) is 12.2 Å². The number of halogens is 1. The Hall–Kier alpha value is -2.73. The number of hydrogen-bond acceptors (Lipinski definition) is 3. The van der Waals surface area contributed by atoms with E-state index in [4.69, 9.17) is 0 Å². The first-order valence-corrected chi connectivity index (χ1v) is 10.1. The number of nitrogens with zero attached hydrogens (tertiary/aromatic N) is 1. The molecule has 0 aliphatic heterocycles. The second-order valence-corrected chi connectivity index (χ2v) is 7.72. The molecule has 0 bridgehead atoms. The van der Waals surface area contributed by atoms with Gasteiger partial charge in [-0.2, -0.15) is 0 Å². The monoisotopic (exact) mass is 397 g/mol. The molecule has 0 heterocycles. The molecule has 154 valence electrons. The summed E-state index contributed by atoms with van der Waals surface area (Å²) >= 11 is 0. The van der Waals surface area contributed by atoms with Crippen LogP contribution in [0.2, 0.25) is 0 Å². The van der Waals surface area contributed by atoms with Gasteiger partial charge in [-0.25, -0.2) is 4.39 Å². The maximum Gasteiger partial charge on any atom is 0.238 e. The van der Waals surface area contributed by atoms with Crippen molar-refractivity contribution in [3.8, 4) is 0 Å². The summed E-state index contributed by atoms with van der Waals surface area (Å²) < 4.78 is 14.2. The highest BCUT2D eigenvalue weighted by Crippen LogP contribution is 2.26. The Morgan fingerprint density at radius 3 is 2.48 bits per heavy atom. The highest BCUT2D eigenvalue weighted by atomic mass is 19.1. The van der Waals surface area contributed by atoms with Crippen LogP contribution in [-0.2, 0) is 16.1 Å². The van der Waals surface area contributed by atoms with Gasteiger partial charge in [0, 0.05) is 18.2 Å². The molecule has 1 aliphatic rings. The first-order chi connectivity index (χ1) is 14.0. The van der Waals surface area contributed by atoms with E-state index < -0.39 is 5.82 Å². The van der Waals surface area contributed by atoms with Crippen LogP contribution in [-0.4, -0.2) is 30.3 Å². The molecule has 1 aliphatic carbocycles. The lowest BCUT2D eigenvalue weighted by Crippen LogP contribution is -2.30. The van der Waals surface area contributed by atoms with Crippen LogP contribution in [0.4, 0.5) is 15.8 Å². The molecular formula is C23H28FN3O2. The highest BCUT2D eigenvalue weighted by molar-refractivity contribution is 5.95. The summed E-state index contributed by atoms with van der Waals surface area (Å²) in [6, 6.07) is 14.1. The van der Waals surface area contributed by atoms with E-state index >= 15 is 0 Å². The second-order valence-electron chi connectivity index (χ2n) is 7.72. The number of hydrogen-bond donors (Lipinski definition) is 2. The van der Waals surface area contributed by atoms with Crippen LogP contribution in [0.3, 0.4) is 0 Å². The van der Waals surface area contributed by atoms with Crippen LogP contribution < -0.4 is 10.6 Å². The lowest BCUT2D eigenvalue weighted by molar-refractivity contribution is -0.120. The molecule has 1 fully saturated rings. The lowest BCUT2D eigenvalue weighted by atomic mass is 9.88. The molecule has 6 heteroatoms. The van der Waals surface area contributed by atoms with Crippen molar-refractivity contribution < 1.29 is 14.0 Å². The second kappa shape index (κ2) is 10.2. The maximum absolute atomic E-state index is 14.2. The van der Waals surface area contributed by atoms with Gasteiger partial charge in [-0.1, -0.05) is 49.6 Å². The number of amides is 2. The average Bonchev–Trinajstić information content (AvgIpc) is 2.71. The van der Waals surface area contributed by atoms with Crippen LogP contribution in [0.25, 0.3) is 0 Å². The zero-order chi connectivity index (χ0) is 20.6. The van der Waals surface area contributed by atoms with E-state index in [0.717, 1.165) is 37.7 Å². The highest BCUT2D eigenvalue weighted by Gasteiger charge is 2.22. The Labute approximate surface area is 171 Å². The number of benzene rings is 2. The summed E-state index contributed by atoms with van der Waals surface area (Å²) in [4.78, 5) is 26.6. The predicted molar refractivity (Wildman–Crippen MR) is 113 cm³/mol. The first-order valence-electron chi connectivity index (χ1n) is 10.1. The number of rotatable bonds is 7. The minimum absolute atomic E-state index is 0.0620. The van der Waals surface area contributed by atoms with Gasteiger partial charge >= 0.3 is 0 Å². The van der Waals surface area contributed by atoms with Crippen molar-refractivity contribution in [2.45, 2.75) is 38.6 Å². The zero-order valence-electron chi connectivity index (χ0n) is 16.8. The van der Waals surface area contributed by atoms with Crippen LogP contribution in [0.5, 0.6) is 0 Å². The van der Waals surface area contributed by atoms with Gasteiger partial charge in [-0.05, 0) is 43.7 Å². The van der Waals surface area contributed by atoms with Crippen molar-refractivity contribution in [1.82, 2.24) is 4.90 Å². The van der Waals surface area contributed by atoms with E-state index in [1.807, 2.05) is 42.3 Å². The minimum atomic E-state index is -0.506. The third-order valence-electron chi connectivity index (χ3n) is 5.19. The average molecular weight is 397 g/mol. The molecule has 2 amide bonds. The van der Waals surface area contributed by atoms with E-state index in [2.05, 4.69) is 10.6 Å². The number of carbonyl (C=O) groups is 2. The molecule has 2 aromatic carbocycles. The zero-order valence-corrected chi connectivity index (χ0v) is 16.8. The van der Waals surface area contributed by atoms with Gasteiger partial charge in [-0.15, -0.1) is 0 Å². The van der Waals surface area contributed by atoms with Crippen molar-refractivity contribution in [1.29, 1.82) is 0 Å². The number of likely N-dealkylation sites (N-methyl/N-ethyl adjacent to an activating group) is 1. The van der Waals surface area contributed by atoms with E-state index in [9.17, 15) is 14.0 Å². The van der Waals surface area contributed by atoms with E-state index in [1.54, 1.807) is 0 Å². The number of anilines is 2. The fraction of sp³-hybridized carbons (Fsp3) is 0.391. The van der Waals surface area contributed by atoms with Crippen molar-refractivity contribution >= 4 is 23.2 Å². The molecule has 5 nitrogen and oxygen atoms in total. The molecule has 2 N–H and O–H groups in total. The quantitative estimate of drug-likeness (QED) is 0.727. The fourth-order valence-electron chi connectivity index (χ4n) is 3.70. The normalized spacial score (nSPS) is 14.6. The van der Waals surface area contributed by atoms with Crippen molar-refractivity contribution in [3.05, 3.63) is 59.9 Å². The van der Waals surface area contributed by atoms with Gasteiger partial charge in [0.2, 0.25) is 11.8 Å². The molecule has 0 radical (unpaired) electrons. The van der Waals surface area contributed by atoms with Crippen molar-refractivity contribution in [3.63, 3.8) is 0 Å². The maximum atomic E-state index is 14.2. The van der Waals surface area contributed by atoms with E-state index in [1.165, 1.54) is 18.2 Å². The summed E-state index contributed by atoms with van der Waals surface area (Å²) in [6.07, 6.45) is 4.91. The smallest absolute Gasteiger partial charge is 0.238 e. The summed E-state index contributed by atoms with van der Waals surface area (Å²) in [5, 5.41) is 5.47. The third kappa shape index (κ3) is 6.39. The fourth-order valence-corrected chi connectivity index (χ4v) is 3.70. The van der Waals surface area contributed by atoms with Gasteiger partial charge in [-0.3, -0.25) is 14.5 Å². The van der Waals surface area contributed by atoms with Gasteiger partial charge in [0.15, 0.2) is 0 Å². The summed E-state index contributed by atoms with van der Waals surface area (Å²) in [5.74, 6) is -0.907. The SMILES string of the molecule is CN(CC(=O)Nc1ccc(F)c(NC(=O)C2CCCCC2)c1)Cc1ccccc1. The third-order valence-corrected chi connectivity index (χ3v) is 5.19. The standard InChI is InChI=1S/C23H28FN3O2/c1-27(15-17-8-4-2-5-9-17)16-22(28)25-19-12-13-20(24)21(14-19)26-23(29)18-10-6-3-7-11-18/h2,4-5,8-9,12-14,18H,3,6-7,10-11,15-16H2,1H3,(H,25,28)(H,26,29). The molecule has 0 saturated heterocycles. The van der Waals surface area contributed by atoms with Gasteiger partial charge in [0.25, 0.3) is 0 Å². The number of nitrogens with one attached hydrogen (secondary N) is 2. The molecule has 0 aromatic heterocycles. The van der Waals surface area contributed by atoms with Crippen LogP contribution in [0.1, 0.15) is 37.7 Å².